The Balaban J connectivity index is 1.48. The zero-order valence-corrected chi connectivity index (χ0v) is 22.4. The highest BCUT2D eigenvalue weighted by Gasteiger charge is 2.45. The summed E-state index contributed by atoms with van der Waals surface area (Å²) in [5.41, 5.74) is 10.3. The zero-order chi connectivity index (χ0) is 27.4. The first kappa shape index (κ1) is 25.7. The van der Waals surface area contributed by atoms with Crippen molar-refractivity contribution < 1.29 is 24.2 Å². The predicted molar refractivity (Wildman–Crippen MR) is 141 cm³/mol. The van der Waals surface area contributed by atoms with Crippen LogP contribution in [0.3, 0.4) is 0 Å². The third kappa shape index (κ3) is 4.60. The lowest BCUT2D eigenvalue weighted by atomic mass is 9.84. The number of aryl methyl sites for hydroxylation is 1. The molecular weight excluding hydrogens is 486 g/mol. The smallest absolute Gasteiger partial charge is 0.410 e. The van der Waals surface area contributed by atoms with Gasteiger partial charge < -0.3 is 29.8 Å². The number of nitrogens with two attached hydrogens (primary N) is 1. The van der Waals surface area contributed by atoms with Crippen LogP contribution < -0.4 is 10.5 Å². The number of rotatable bonds is 5. The maximum Gasteiger partial charge on any atom is 0.410 e. The van der Waals surface area contributed by atoms with Gasteiger partial charge in [0.25, 0.3) is 0 Å². The number of aromatic nitrogens is 3. The van der Waals surface area contributed by atoms with Crippen LogP contribution in [-0.4, -0.2) is 67.9 Å². The van der Waals surface area contributed by atoms with Crippen molar-refractivity contribution in [3.8, 4) is 28.5 Å². The number of nitrogens with zero attached hydrogens (tertiary/aromatic N) is 4. The van der Waals surface area contributed by atoms with Crippen molar-refractivity contribution in [2.45, 2.75) is 51.2 Å². The summed E-state index contributed by atoms with van der Waals surface area (Å²) in [4.78, 5) is 36.0. The van der Waals surface area contributed by atoms with E-state index >= 15 is 0 Å². The molecule has 2 aliphatic rings. The van der Waals surface area contributed by atoms with E-state index in [1.165, 1.54) is 0 Å². The van der Waals surface area contributed by atoms with Gasteiger partial charge in [-0.05, 0) is 69.0 Å². The first-order valence-corrected chi connectivity index (χ1v) is 12.6. The van der Waals surface area contributed by atoms with Crippen LogP contribution in [0.25, 0.3) is 22.8 Å². The molecule has 1 aromatic carbocycles. The van der Waals surface area contributed by atoms with Crippen molar-refractivity contribution in [3.63, 3.8) is 0 Å². The Kier molecular flexibility index (Phi) is 6.18. The lowest BCUT2D eigenvalue weighted by Crippen LogP contribution is -2.70. The summed E-state index contributed by atoms with van der Waals surface area (Å²) in [6.07, 6.45) is 2.94. The molecule has 3 heterocycles. The number of aromatic carboxylic acids is 1. The average molecular weight is 520 g/mol. The fraction of sp³-hybridized carbons (Fsp3) is 0.429. The minimum atomic E-state index is -0.989. The van der Waals surface area contributed by atoms with Gasteiger partial charge in [0.1, 0.15) is 11.4 Å². The molecule has 1 amide bonds. The van der Waals surface area contributed by atoms with Gasteiger partial charge in [0, 0.05) is 44.0 Å². The number of carboxylic acid groups (broad SMARTS) is 1. The van der Waals surface area contributed by atoms with Gasteiger partial charge in [-0.15, -0.1) is 0 Å². The Hall–Kier alpha value is -3.92. The van der Waals surface area contributed by atoms with Gasteiger partial charge in [0.15, 0.2) is 5.82 Å². The van der Waals surface area contributed by atoms with Gasteiger partial charge in [-0.1, -0.05) is 0 Å². The summed E-state index contributed by atoms with van der Waals surface area (Å²) in [6, 6.07) is 7.50. The lowest BCUT2D eigenvalue weighted by molar-refractivity contribution is -0.00824. The minimum absolute atomic E-state index is 0.276. The molecule has 1 fully saturated rings. The molecule has 0 bridgehead atoms. The molecule has 0 atom stereocenters. The molecule has 2 aromatic heterocycles. The number of carbonyl (C=O) groups is 2. The highest BCUT2D eigenvalue weighted by atomic mass is 16.6. The van der Waals surface area contributed by atoms with Crippen LogP contribution in [0, 0.1) is 0 Å². The average Bonchev–Trinajstić information content (AvgIpc) is 3.12. The molecule has 3 aromatic rings. The number of fused-ring (bicyclic) bond motifs is 3. The number of benzene rings is 1. The predicted octanol–water partition coefficient (Wildman–Crippen LogP) is 3.45. The molecule has 10 heteroatoms. The van der Waals surface area contributed by atoms with Crippen LogP contribution in [0.2, 0.25) is 0 Å². The van der Waals surface area contributed by atoms with E-state index < -0.39 is 23.2 Å². The fourth-order valence-electron chi connectivity index (χ4n) is 5.35. The van der Waals surface area contributed by atoms with Crippen LogP contribution in [0.15, 0.2) is 30.5 Å². The normalized spacial score (nSPS) is 15.8. The van der Waals surface area contributed by atoms with Crippen molar-refractivity contribution >= 4 is 12.1 Å². The molecule has 0 spiro atoms. The molecule has 1 aliphatic carbocycles. The molecule has 0 radical (unpaired) electrons. The third-order valence-electron chi connectivity index (χ3n) is 7.09. The number of carboxylic acids is 1. The molecule has 1 aliphatic heterocycles. The van der Waals surface area contributed by atoms with Crippen LogP contribution in [0.1, 0.15) is 48.0 Å². The lowest BCUT2D eigenvalue weighted by Gasteiger charge is -2.47. The summed E-state index contributed by atoms with van der Waals surface area (Å²) < 4.78 is 12.6. The molecule has 5 rings (SSSR count). The molecule has 200 valence electrons. The van der Waals surface area contributed by atoms with E-state index in [0.717, 1.165) is 33.8 Å². The van der Waals surface area contributed by atoms with Gasteiger partial charge in [0.2, 0.25) is 0 Å². The largest absolute Gasteiger partial charge is 0.497 e. The summed E-state index contributed by atoms with van der Waals surface area (Å²) in [7, 11) is 3.47. The van der Waals surface area contributed by atoms with Crippen molar-refractivity contribution in [2.75, 3.05) is 20.2 Å². The van der Waals surface area contributed by atoms with E-state index in [9.17, 15) is 14.7 Å². The Labute approximate surface area is 221 Å². The molecule has 38 heavy (non-hydrogen) atoms. The first-order chi connectivity index (χ1) is 17.9. The second kappa shape index (κ2) is 9.13. The first-order valence-electron chi connectivity index (χ1n) is 12.6. The van der Waals surface area contributed by atoms with Crippen LogP contribution in [0.4, 0.5) is 4.79 Å². The number of likely N-dealkylation sites (tertiary alicyclic amines) is 1. The van der Waals surface area contributed by atoms with Gasteiger partial charge in [-0.3, -0.25) is 0 Å². The third-order valence-corrected chi connectivity index (χ3v) is 7.09. The number of amides is 1. The summed E-state index contributed by atoms with van der Waals surface area (Å²) in [6.45, 7) is 6.02. The maximum absolute atomic E-state index is 12.5. The summed E-state index contributed by atoms with van der Waals surface area (Å²) in [5, 5.41) is 10.2. The van der Waals surface area contributed by atoms with E-state index in [0.29, 0.717) is 30.8 Å². The Morgan fingerprint density at radius 3 is 2.45 bits per heavy atom. The second-order valence-corrected chi connectivity index (χ2v) is 11.2. The zero-order valence-electron chi connectivity index (χ0n) is 22.4. The van der Waals surface area contributed by atoms with Crippen LogP contribution in [-0.2, 0) is 31.0 Å². The van der Waals surface area contributed by atoms with Crippen molar-refractivity contribution in [3.05, 3.63) is 52.8 Å². The quantitative estimate of drug-likeness (QED) is 0.524. The number of hydrogen-bond acceptors (Lipinski definition) is 7. The molecular formula is C28H33N5O5. The molecule has 0 unspecified atom stereocenters. The van der Waals surface area contributed by atoms with E-state index in [-0.39, 0.29) is 18.7 Å². The van der Waals surface area contributed by atoms with E-state index in [2.05, 4.69) is 4.98 Å². The Bertz CT molecular complexity index is 1410. The fourth-order valence-corrected chi connectivity index (χ4v) is 5.35. The van der Waals surface area contributed by atoms with E-state index in [1.54, 1.807) is 12.0 Å². The second-order valence-electron chi connectivity index (χ2n) is 11.2. The molecule has 3 N–H and O–H groups in total. The summed E-state index contributed by atoms with van der Waals surface area (Å²) >= 11 is 0. The van der Waals surface area contributed by atoms with Crippen LogP contribution >= 0.6 is 0 Å². The van der Waals surface area contributed by atoms with E-state index in [1.807, 2.05) is 62.8 Å². The van der Waals surface area contributed by atoms with Gasteiger partial charge in [0.05, 0.1) is 29.6 Å². The highest BCUT2D eigenvalue weighted by molar-refractivity contribution is 5.94. The van der Waals surface area contributed by atoms with Gasteiger partial charge >= 0.3 is 12.1 Å². The number of methoxy groups -OCH3 is 1. The number of hydrogen-bond donors (Lipinski definition) is 2. The minimum Gasteiger partial charge on any atom is -0.497 e. The van der Waals surface area contributed by atoms with E-state index in [4.69, 9.17) is 20.2 Å². The van der Waals surface area contributed by atoms with Crippen molar-refractivity contribution in [1.29, 1.82) is 0 Å². The van der Waals surface area contributed by atoms with Crippen molar-refractivity contribution in [2.24, 2.45) is 12.8 Å². The maximum atomic E-state index is 12.5. The molecule has 10 nitrogen and oxygen atoms in total. The SMILES string of the molecule is COc1ccc(-c2ncc3c(n2)-c2c(c(C(=O)O)c(CC4(N)CN(C(=O)OC(C)(C)C)C4)n2C)CC3)cc1. The Morgan fingerprint density at radius 2 is 1.84 bits per heavy atom. The molecule has 0 saturated carbocycles. The number of ether oxygens (including phenoxy) is 2. The number of carbonyl (C=O) groups excluding carboxylic acids is 1. The Morgan fingerprint density at radius 1 is 1.16 bits per heavy atom. The van der Waals surface area contributed by atoms with Crippen molar-refractivity contribution in [1.82, 2.24) is 19.4 Å². The van der Waals surface area contributed by atoms with Gasteiger partial charge in [-0.25, -0.2) is 19.6 Å². The topological polar surface area (TPSA) is 133 Å². The standard InChI is InChI=1S/C28H33N5O5/c1-27(2,3)38-26(36)33-14-28(29,15-33)12-20-21(25(34)35)19-11-8-17-13-30-24(31-22(17)23(19)32(20)4)16-6-9-18(37-5)10-7-16/h6-7,9-10,13H,8,11-12,14-15,29H2,1-5H3,(H,34,35). The van der Waals surface area contributed by atoms with Crippen LogP contribution in [0.5, 0.6) is 5.75 Å². The monoisotopic (exact) mass is 519 g/mol. The highest BCUT2D eigenvalue weighted by Crippen LogP contribution is 2.39. The summed E-state index contributed by atoms with van der Waals surface area (Å²) in [5.74, 6) is 0.307. The molecule has 1 saturated heterocycles. The van der Waals surface area contributed by atoms with Gasteiger partial charge in [-0.2, -0.15) is 0 Å².